The van der Waals surface area contributed by atoms with Crippen LogP contribution in [0.4, 0.5) is 5.82 Å². The number of nitrogen functional groups attached to an aromatic ring is 1. The fourth-order valence-corrected chi connectivity index (χ4v) is 2.76. The lowest BCUT2D eigenvalue weighted by Crippen LogP contribution is -1.91. The first kappa shape index (κ1) is 9.35. The van der Waals surface area contributed by atoms with Crippen molar-refractivity contribution in [2.45, 2.75) is 6.92 Å². The second kappa shape index (κ2) is 3.31. The molecule has 0 saturated heterocycles. The standard InChI is InChI=1S/C11H10N4S/c1-7-9-10(12)13-14-11(9)15(16-7)8-5-3-2-4-6-8/h2-6H,1H3,(H2,12,13). The van der Waals surface area contributed by atoms with E-state index < -0.39 is 0 Å². The van der Waals surface area contributed by atoms with Crippen molar-refractivity contribution in [3.05, 3.63) is 35.2 Å². The van der Waals surface area contributed by atoms with Crippen molar-refractivity contribution in [3.63, 3.8) is 0 Å². The van der Waals surface area contributed by atoms with E-state index >= 15 is 0 Å². The molecular formula is C11H10N4S. The number of rotatable bonds is 1. The number of nitrogens with two attached hydrogens (primary N) is 1. The number of anilines is 1. The number of aromatic nitrogens is 3. The zero-order valence-electron chi connectivity index (χ0n) is 8.71. The van der Waals surface area contributed by atoms with E-state index in [1.807, 2.05) is 41.2 Å². The third kappa shape index (κ3) is 1.22. The van der Waals surface area contributed by atoms with Crippen LogP contribution in [0, 0.1) is 6.92 Å². The van der Waals surface area contributed by atoms with Crippen molar-refractivity contribution in [2.24, 2.45) is 0 Å². The normalized spacial score (nSPS) is 11.1. The summed E-state index contributed by atoms with van der Waals surface area (Å²) >= 11 is 1.64. The molecule has 0 atom stereocenters. The molecule has 0 bridgehead atoms. The number of para-hydroxylation sites is 1. The predicted octanol–water partition coefficient (Wildman–Crippen LogP) is 2.32. The van der Waals surface area contributed by atoms with Crippen molar-refractivity contribution in [2.75, 3.05) is 5.73 Å². The molecule has 0 aliphatic carbocycles. The smallest absolute Gasteiger partial charge is 0.181 e. The highest BCUT2D eigenvalue weighted by atomic mass is 32.1. The van der Waals surface area contributed by atoms with Gasteiger partial charge in [-0.2, -0.15) is 0 Å². The zero-order valence-corrected chi connectivity index (χ0v) is 9.53. The van der Waals surface area contributed by atoms with Gasteiger partial charge in [-0.25, -0.2) is 3.96 Å². The summed E-state index contributed by atoms with van der Waals surface area (Å²) in [6, 6.07) is 10.1. The molecule has 16 heavy (non-hydrogen) atoms. The lowest BCUT2D eigenvalue weighted by atomic mass is 10.2. The number of hydrogen-bond donors (Lipinski definition) is 1. The van der Waals surface area contributed by atoms with E-state index in [1.165, 1.54) is 0 Å². The summed E-state index contributed by atoms with van der Waals surface area (Å²) in [5.74, 6) is 1.35. The molecule has 4 nitrogen and oxygen atoms in total. The first-order chi connectivity index (χ1) is 7.77. The Balaban J connectivity index is 2.25. The van der Waals surface area contributed by atoms with Crippen molar-refractivity contribution in [1.82, 2.24) is 14.2 Å². The summed E-state index contributed by atoms with van der Waals surface area (Å²) in [6.07, 6.45) is 0. The summed E-state index contributed by atoms with van der Waals surface area (Å²) in [7, 11) is 0. The first-order valence-corrected chi connectivity index (χ1v) is 5.70. The molecule has 0 fully saturated rings. The molecule has 0 unspecified atom stereocenters. The molecule has 2 aliphatic rings. The molecule has 0 amide bonds. The fraction of sp³-hybridized carbons (Fsp3) is 0.0909. The molecule has 80 valence electrons. The highest BCUT2D eigenvalue weighted by Gasteiger charge is 2.21. The van der Waals surface area contributed by atoms with Gasteiger partial charge in [-0.1, -0.05) is 29.7 Å². The van der Waals surface area contributed by atoms with Gasteiger partial charge in [0.15, 0.2) is 11.6 Å². The molecule has 0 radical (unpaired) electrons. The second-order valence-electron chi connectivity index (χ2n) is 3.56. The van der Waals surface area contributed by atoms with Crippen LogP contribution in [0.1, 0.15) is 4.88 Å². The van der Waals surface area contributed by atoms with Gasteiger partial charge >= 0.3 is 0 Å². The lowest BCUT2D eigenvalue weighted by molar-refractivity contribution is 1.04. The average molecular weight is 230 g/mol. The maximum atomic E-state index is 5.79. The average Bonchev–Trinajstić information content (AvgIpc) is 2.83. The monoisotopic (exact) mass is 230 g/mol. The molecule has 0 aromatic heterocycles. The van der Waals surface area contributed by atoms with E-state index in [9.17, 15) is 0 Å². The topological polar surface area (TPSA) is 56.7 Å². The quantitative estimate of drug-likeness (QED) is 0.698. The molecule has 2 N–H and O–H groups in total. The van der Waals surface area contributed by atoms with Gasteiger partial charge in [0.2, 0.25) is 0 Å². The summed E-state index contributed by atoms with van der Waals surface area (Å²) in [4.78, 5) is 1.14. The van der Waals surface area contributed by atoms with E-state index in [0.717, 1.165) is 22.0 Å². The van der Waals surface area contributed by atoms with Gasteiger partial charge in [0, 0.05) is 4.88 Å². The highest BCUT2D eigenvalue weighted by molar-refractivity contribution is 7.07. The summed E-state index contributed by atoms with van der Waals surface area (Å²) in [5, 5.41) is 8.03. The number of aryl methyl sites for hydroxylation is 1. The lowest BCUT2D eigenvalue weighted by Gasteiger charge is -2.01. The Morgan fingerprint density at radius 1 is 1.19 bits per heavy atom. The molecule has 5 heteroatoms. The van der Waals surface area contributed by atoms with Crippen molar-refractivity contribution in [1.29, 1.82) is 0 Å². The number of hydrogen-bond acceptors (Lipinski definition) is 4. The molecule has 1 aromatic carbocycles. The largest absolute Gasteiger partial charge is 0.382 e. The Bertz CT molecular complexity index is 596. The van der Waals surface area contributed by atoms with Gasteiger partial charge in [-0.15, -0.1) is 10.2 Å². The Hall–Kier alpha value is -1.88. The van der Waals surface area contributed by atoms with Crippen LogP contribution < -0.4 is 5.73 Å². The first-order valence-electron chi connectivity index (χ1n) is 4.93. The minimum Gasteiger partial charge on any atom is -0.382 e. The van der Waals surface area contributed by atoms with Crippen molar-refractivity contribution < 1.29 is 0 Å². The molecule has 3 rings (SSSR count). The van der Waals surface area contributed by atoms with Gasteiger partial charge in [0.1, 0.15) is 0 Å². The van der Waals surface area contributed by atoms with Gasteiger partial charge in [0.25, 0.3) is 0 Å². The van der Waals surface area contributed by atoms with E-state index in [2.05, 4.69) is 10.2 Å². The Kier molecular flexibility index (Phi) is 1.94. The maximum absolute atomic E-state index is 5.79. The van der Waals surface area contributed by atoms with E-state index in [0.29, 0.717) is 5.82 Å². The van der Waals surface area contributed by atoms with E-state index in [4.69, 9.17) is 5.73 Å². The number of benzene rings is 1. The fourth-order valence-electron chi connectivity index (χ4n) is 1.76. The Morgan fingerprint density at radius 2 is 1.94 bits per heavy atom. The number of nitrogens with zero attached hydrogens (tertiary/aromatic N) is 3. The van der Waals surface area contributed by atoms with Gasteiger partial charge in [-0.3, -0.25) is 0 Å². The summed E-state index contributed by atoms with van der Waals surface area (Å²) in [5.41, 5.74) is 7.84. The minimum absolute atomic E-state index is 0.512. The van der Waals surface area contributed by atoms with Crippen LogP contribution in [0.5, 0.6) is 0 Å². The third-order valence-electron chi connectivity index (χ3n) is 2.50. The highest BCUT2D eigenvalue weighted by Crippen LogP contribution is 2.36. The molecule has 1 aromatic rings. The minimum atomic E-state index is 0.512. The third-order valence-corrected chi connectivity index (χ3v) is 3.54. The van der Waals surface area contributed by atoms with Crippen LogP contribution >= 0.6 is 11.5 Å². The second-order valence-corrected chi connectivity index (χ2v) is 4.72. The molecule has 0 saturated carbocycles. The molecular weight excluding hydrogens is 220 g/mol. The van der Waals surface area contributed by atoms with Crippen LogP contribution in [-0.2, 0) is 0 Å². The van der Waals surface area contributed by atoms with Crippen LogP contribution in [0.2, 0.25) is 0 Å². The summed E-state index contributed by atoms with van der Waals surface area (Å²) < 4.78 is 2.05. The Labute approximate surface area is 96.8 Å². The molecule has 2 heterocycles. The Morgan fingerprint density at radius 3 is 2.69 bits per heavy atom. The van der Waals surface area contributed by atoms with Gasteiger partial charge < -0.3 is 5.73 Å². The van der Waals surface area contributed by atoms with Gasteiger partial charge in [-0.05, 0) is 19.1 Å². The van der Waals surface area contributed by atoms with Crippen LogP contribution in [0.25, 0.3) is 17.1 Å². The van der Waals surface area contributed by atoms with Gasteiger partial charge in [0.05, 0.1) is 11.3 Å². The molecule has 0 spiro atoms. The maximum Gasteiger partial charge on any atom is 0.181 e. The SMILES string of the molecule is Cc1sn(-c2ccccc2)c2nnc(N)c1-2. The molecule has 2 aliphatic heterocycles. The predicted molar refractivity (Wildman–Crippen MR) is 65.0 cm³/mol. The van der Waals surface area contributed by atoms with Crippen LogP contribution in [0.15, 0.2) is 30.3 Å². The van der Waals surface area contributed by atoms with Crippen molar-refractivity contribution in [3.8, 4) is 17.1 Å². The van der Waals surface area contributed by atoms with Crippen LogP contribution in [-0.4, -0.2) is 14.2 Å². The summed E-state index contributed by atoms with van der Waals surface area (Å²) in [6.45, 7) is 2.03. The van der Waals surface area contributed by atoms with E-state index in [1.54, 1.807) is 11.5 Å². The zero-order chi connectivity index (χ0) is 11.1. The van der Waals surface area contributed by atoms with Crippen LogP contribution in [0.3, 0.4) is 0 Å². The van der Waals surface area contributed by atoms with E-state index in [-0.39, 0.29) is 0 Å². The number of fused-ring (bicyclic) bond motifs is 1. The van der Waals surface area contributed by atoms with Crippen molar-refractivity contribution >= 4 is 17.4 Å².